The Hall–Kier alpha value is -2.22. The van der Waals surface area contributed by atoms with Gasteiger partial charge in [0.2, 0.25) is 0 Å². The average molecular weight is 315 g/mol. The quantitative estimate of drug-likeness (QED) is 0.807. The molecule has 1 fully saturated rings. The first-order chi connectivity index (χ1) is 9.99. The third-order valence-electron chi connectivity index (χ3n) is 3.09. The van der Waals surface area contributed by atoms with Gasteiger partial charge in [0.25, 0.3) is 0 Å². The fraction of sp³-hybridized carbons (Fsp3) is 0.417. The van der Waals surface area contributed by atoms with Crippen LogP contribution in [0.4, 0.5) is 21.1 Å². The van der Waals surface area contributed by atoms with Crippen molar-refractivity contribution in [2.75, 3.05) is 43.5 Å². The van der Waals surface area contributed by atoms with Crippen molar-refractivity contribution >= 4 is 35.3 Å². The second kappa shape index (κ2) is 6.49. The number of nitrogens with one attached hydrogen (secondary N) is 1. The zero-order valence-electron chi connectivity index (χ0n) is 11.4. The number of aromatic nitrogens is 1. The van der Waals surface area contributed by atoms with Crippen LogP contribution in [0.2, 0.25) is 5.15 Å². The average Bonchev–Trinajstić information content (AvgIpc) is 2.46. The van der Waals surface area contributed by atoms with E-state index in [0.29, 0.717) is 37.7 Å². The number of piperazine rings is 1. The zero-order chi connectivity index (χ0) is 15.4. The summed E-state index contributed by atoms with van der Waals surface area (Å²) in [5, 5.41) is 11.7. The lowest BCUT2D eigenvalue weighted by molar-refractivity contribution is 0.142. The van der Waals surface area contributed by atoms with Gasteiger partial charge in [-0.15, -0.1) is 0 Å². The molecule has 21 heavy (non-hydrogen) atoms. The molecule has 2 rings (SSSR count). The molecular weight excluding hydrogens is 300 g/mol. The highest BCUT2D eigenvalue weighted by molar-refractivity contribution is 6.29. The second-order valence-electron chi connectivity index (χ2n) is 4.41. The number of ether oxygens (including phenoxy) is 1. The van der Waals surface area contributed by atoms with Crippen molar-refractivity contribution in [1.29, 1.82) is 0 Å². The van der Waals surface area contributed by atoms with Gasteiger partial charge in [-0.3, -0.25) is 5.32 Å². The number of carboxylic acid groups (broad SMARTS) is 1. The van der Waals surface area contributed by atoms with Crippen molar-refractivity contribution in [3.05, 3.63) is 17.3 Å². The van der Waals surface area contributed by atoms with E-state index in [1.165, 1.54) is 18.1 Å². The molecule has 0 aromatic carbocycles. The Morgan fingerprint density at radius 1 is 1.33 bits per heavy atom. The van der Waals surface area contributed by atoms with E-state index in [2.05, 4.69) is 15.0 Å². The minimum absolute atomic E-state index is 0.236. The molecule has 2 heterocycles. The molecule has 114 valence electrons. The number of methoxy groups -OCH3 is 1. The van der Waals surface area contributed by atoms with Crippen molar-refractivity contribution in [3.8, 4) is 0 Å². The number of rotatable bonds is 2. The van der Waals surface area contributed by atoms with Crippen molar-refractivity contribution in [1.82, 2.24) is 9.88 Å². The van der Waals surface area contributed by atoms with Crippen molar-refractivity contribution in [2.45, 2.75) is 0 Å². The summed E-state index contributed by atoms with van der Waals surface area (Å²) >= 11 is 5.94. The molecule has 1 aliphatic rings. The molecule has 1 aromatic rings. The molecule has 0 spiro atoms. The summed E-state index contributed by atoms with van der Waals surface area (Å²) in [6.07, 6.45) is -1.53. The lowest BCUT2D eigenvalue weighted by Gasteiger charge is -2.34. The van der Waals surface area contributed by atoms with E-state index in [-0.39, 0.29) is 5.15 Å². The molecule has 0 unspecified atom stereocenters. The number of carbonyl (C=O) groups is 2. The molecule has 1 aromatic heterocycles. The molecule has 2 amide bonds. The van der Waals surface area contributed by atoms with Gasteiger partial charge in [0.1, 0.15) is 11.0 Å². The van der Waals surface area contributed by atoms with E-state index in [1.807, 2.05) is 4.90 Å². The van der Waals surface area contributed by atoms with Gasteiger partial charge in [-0.1, -0.05) is 11.6 Å². The maximum absolute atomic E-state index is 11.2. The van der Waals surface area contributed by atoms with Gasteiger partial charge in [0.05, 0.1) is 12.8 Å². The lowest BCUT2D eigenvalue weighted by Crippen LogP contribution is -2.48. The third-order valence-corrected chi connectivity index (χ3v) is 3.28. The van der Waals surface area contributed by atoms with Gasteiger partial charge in [-0.05, 0) is 6.07 Å². The summed E-state index contributed by atoms with van der Waals surface area (Å²) in [6, 6.07) is 3.18. The molecule has 2 N–H and O–H groups in total. The SMILES string of the molecule is COC(=O)Nc1cc(Cl)nc(N2CCN(C(=O)O)CC2)c1. The van der Waals surface area contributed by atoms with Crippen LogP contribution in [0.25, 0.3) is 0 Å². The number of hydrogen-bond donors (Lipinski definition) is 2. The third kappa shape index (κ3) is 3.88. The molecule has 0 aliphatic carbocycles. The normalized spacial score (nSPS) is 14.8. The summed E-state index contributed by atoms with van der Waals surface area (Å²) in [6.45, 7) is 1.81. The highest BCUT2D eigenvalue weighted by Crippen LogP contribution is 2.23. The standard InChI is InChI=1S/C12H15ClN4O4/c1-21-11(18)14-8-6-9(13)15-10(7-8)16-2-4-17(5-3-16)12(19)20/h6-7H,2-5H2,1H3,(H,19,20)(H,14,15,18). The van der Waals surface area contributed by atoms with Crippen LogP contribution in [0.1, 0.15) is 0 Å². The van der Waals surface area contributed by atoms with Crippen LogP contribution < -0.4 is 10.2 Å². The van der Waals surface area contributed by atoms with Gasteiger partial charge >= 0.3 is 12.2 Å². The van der Waals surface area contributed by atoms with Crippen LogP contribution in [0.3, 0.4) is 0 Å². The van der Waals surface area contributed by atoms with Gasteiger partial charge in [-0.2, -0.15) is 0 Å². The van der Waals surface area contributed by atoms with Crippen molar-refractivity contribution in [2.24, 2.45) is 0 Å². The van der Waals surface area contributed by atoms with Crippen LogP contribution in [-0.4, -0.2) is 60.5 Å². The molecule has 1 saturated heterocycles. The number of halogens is 1. The predicted octanol–water partition coefficient (Wildman–Crippen LogP) is 1.71. The Balaban J connectivity index is 2.10. The van der Waals surface area contributed by atoms with Crippen LogP contribution >= 0.6 is 11.6 Å². The van der Waals surface area contributed by atoms with Gasteiger partial charge in [0.15, 0.2) is 0 Å². The monoisotopic (exact) mass is 314 g/mol. The Kier molecular flexibility index (Phi) is 4.69. The van der Waals surface area contributed by atoms with Crippen molar-refractivity contribution < 1.29 is 19.4 Å². The summed E-state index contributed by atoms with van der Waals surface area (Å²) in [5.74, 6) is 0.582. The smallest absolute Gasteiger partial charge is 0.411 e. The van der Waals surface area contributed by atoms with Crippen LogP contribution in [0.5, 0.6) is 0 Å². The van der Waals surface area contributed by atoms with Crippen LogP contribution in [-0.2, 0) is 4.74 Å². The van der Waals surface area contributed by atoms with Crippen molar-refractivity contribution in [3.63, 3.8) is 0 Å². The minimum atomic E-state index is -0.929. The number of carbonyl (C=O) groups excluding carboxylic acids is 1. The fourth-order valence-electron chi connectivity index (χ4n) is 2.01. The second-order valence-corrected chi connectivity index (χ2v) is 4.80. The number of hydrogen-bond acceptors (Lipinski definition) is 5. The Bertz CT molecular complexity index is 546. The molecular formula is C12H15ClN4O4. The molecule has 0 radical (unpaired) electrons. The molecule has 0 atom stereocenters. The first kappa shape index (κ1) is 15.2. The molecule has 1 aliphatic heterocycles. The van der Waals surface area contributed by atoms with E-state index in [1.54, 1.807) is 6.07 Å². The van der Waals surface area contributed by atoms with E-state index in [9.17, 15) is 9.59 Å². The van der Waals surface area contributed by atoms with E-state index >= 15 is 0 Å². The lowest BCUT2D eigenvalue weighted by atomic mass is 10.3. The van der Waals surface area contributed by atoms with Crippen LogP contribution in [0, 0.1) is 0 Å². The van der Waals surface area contributed by atoms with Gasteiger partial charge in [0, 0.05) is 32.2 Å². The summed E-state index contributed by atoms with van der Waals surface area (Å²) in [5.41, 5.74) is 0.470. The van der Waals surface area contributed by atoms with E-state index < -0.39 is 12.2 Å². The summed E-state index contributed by atoms with van der Waals surface area (Å²) in [4.78, 5) is 29.5. The number of anilines is 2. The molecule has 9 heteroatoms. The van der Waals surface area contributed by atoms with Crippen LogP contribution in [0.15, 0.2) is 12.1 Å². The topological polar surface area (TPSA) is 95.0 Å². The highest BCUT2D eigenvalue weighted by Gasteiger charge is 2.21. The minimum Gasteiger partial charge on any atom is -0.465 e. The maximum atomic E-state index is 11.2. The number of pyridine rings is 1. The highest BCUT2D eigenvalue weighted by atomic mass is 35.5. The zero-order valence-corrected chi connectivity index (χ0v) is 12.1. The maximum Gasteiger partial charge on any atom is 0.411 e. The predicted molar refractivity (Wildman–Crippen MR) is 77.1 cm³/mol. The van der Waals surface area contributed by atoms with E-state index in [4.69, 9.17) is 16.7 Å². The van der Waals surface area contributed by atoms with Gasteiger partial charge in [-0.25, -0.2) is 14.6 Å². The molecule has 0 bridgehead atoms. The largest absolute Gasteiger partial charge is 0.465 e. The summed E-state index contributed by atoms with van der Waals surface area (Å²) in [7, 11) is 1.27. The molecule has 0 saturated carbocycles. The van der Waals surface area contributed by atoms with Gasteiger partial charge < -0.3 is 19.6 Å². The number of amides is 2. The number of nitrogens with zero attached hydrogens (tertiary/aromatic N) is 3. The first-order valence-electron chi connectivity index (χ1n) is 6.25. The fourth-order valence-corrected chi connectivity index (χ4v) is 2.22. The Morgan fingerprint density at radius 3 is 2.57 bits per heavy atom. The summed E-state index contributed by atoms with van der Waals surface area (Å²) < 4.78 is 4.52. The Morgan fingerprint density at radius 2 is 2.00 bits per heavy atom. The first-order valence-corrected chi connectivity index (χ1v) is 6.63. The Labute approximate surface area is 126 Å². The molecule has 8 nitrogen and oxygen atoms in total. The van der Waals surface area contributed by atoms with E-state index in [0.717, 1.165) is 0 Å².